The van der Waals surface area contributed by atoms with Gasteiger partial charge in [0.25, 0.3) is 5.91 Å². The lowest BCUT2D eigenvalue weighted by molar-refractivity contribution is -0.139. The standard InChI is InChI=1S/C21H26N4O7/c26-17-3-1-7-24(17)8-2-6-22-19(27)20(28)23-12-18-25(9-10-30-18)21(29)14-4-5-15-16(11-14)32-13-31-15/h4-5,11,18H,1-3,6-10,12-13H2,(H,22,27)(H,23,28). The van der Waals surface area contributed by atoms with Crippen molar-refractivity contribution in [3.05, 3.63) is 23.8 Å². The quantitative estimate of drug-likeness (QED) is 0.425. The Bertz CT molecular complexity index is 906. The van der Waals surface area contributed by atoms with Crippen molar-refractivity contribution in [1.82, 2.24) is 20.4 Å². The van der Waals surface area contributed by atoms with E-state index in [0.29, 0.717) is 56.1 Å². The molecule has 1 unspecified atom stereocenters. The monoisotopic (exact) mass is 446 g/mol. The fourth-order valence-corrected chi connectivity index (χ4v) is 3.87. The highest BCUT2D eigenvalue weighted by Gasteiger charge is 2.32. The van der Waals surface area contributed by atoms with E-state index in [0.717, 1.165) is 13.0 Å². The van der Waals surface area contributed by atoms with E-state index in [1.807, 2.05) is 0 Å². The van der Waals surface area contributed by atoms with Crippen LogP contribution in [0.25, 0.3) is 0 Å². The van der Waals surface area contributed by atoms with Crippen LogP contribution in [-0.4, -0.2) is 85.8 Å². The van der Waals surface area contributed by atoms with Crippen LogP contribution in [0, 0.1) is 0 Å². The number of nitrogens with one attached hydrogen (secondary N) is 2. The minimum Gasteiger partial charge on any atom is -0.454 e. The van der Waals surface area contributed by atoms with Gasteiger partial charge < -0.3 is 34.6 Å². The molecule has 11 nitrogen and oxygen atoms in total. The van der Waals surface area contributed by atoms with Crippen molar-refractivity contribution in [2.75, 3.05) is 46.1 Å². The predicted molar refractivity (Wildman–Crippen MR) is 110 cm³/mol. The number of nitrogens with zero attached hydrogens (tertiary/aromatic N) is 2. The van der Waals surface area contributed by atoms with Crippen LogP contribution in [-0.2, 0) is 19.1 Å². The van der Waals surface area contributed by atoms with Crippen molar-refractivity contribution in [2.45, 2.75) is 25.5 Å². The Morgan fingerprint density at radius 2 is 1.88 bits per heavy atom. The molecule has 32 heavy (non-hydrogen) atoms. The molecule has 11 heteroatoms. The van der Waals surface area contributed by atoms with Crippen LogP contribution in [0.4, 0.5) is 0 Å². The van der Waals surface area contributed by atoms with Crippen molar-refractivity contribution >= 4 is 23.6 Å². The number of ether oxygens (including phenoxy) is 3. The number of carbonyl (C=O) groups excluding carboxylic acids is 4. The summed E-state index contributed by atoms with van der Waals surface area (Å²) in [5.74, 6) is -0.600. The van der Waals surface area contributed by atoms with Gasteiger partial charge in [-0.25, -0.2) is 0 Å². The van der Waals surface area contributed by atoms with E-state index in [9.17, 15) is 19.2 Å². The van der Waals surface area contributed by atoms with Gasteiger partial charge in [0.15, 0.2) is 11.5 Å². The Hall–Kier alpha value is -3.34. The summed E-state index contributed by atoms with van der Waals surface area (Å²) in [6.07, 6.45) is 1.34. The van der Waals surface area contributed by atoms with E-state index in [4.69, 9.17) is 14.2 Å². The Morgan fingerprint density at radius 3 is 2.69 bits per heavy atom. The lowest BCUT2D eigenvalue weighted by atomic mass is 10.1. The highest BCUT2D eigenvalue weighted by Crippen LogP contribution is 2.33. The van der Waals surface area contributed by atoms with Crippen LogP contribution in [0.5, 0.6) is 11.5 Å². The summed E-state index contributed by atoms with van der Waals surface area (Å²) in [6, 6.07) is 4.93. The largest absolute Gasteiger partial charge is 0.454 e. The first-order chi connectivity index (χ1) is 15.5. The minimum absolute atomic E-state index is 0.00910. The van der Waals surface area contributed by atoms with Crippen LogP contribution in [0.1, 0.15) is 29.6 Å². The molecule has 2 N–H and O–H groups in total. The van der Waals surface area contributed by atoms with Crippen LogP contribution in [0.15, 0.2) is 18.2 Å². The molecule has 1 aromatic rings. The van der Waals surface area contributed by atoms with Gasteiger partial charge in [0.05, 0.1) is 13.2 Å². The number of benzene rings is 1. The summed E-state index contributed by atoms with van der Waals surface area (Å²) < 4.78 is 16.1. The van der Waals surface area contributed by atoms with Crippen LogP contribution < -0.4 is 20.1 Å². The van der Waals surface area contributed by atoms with Crippen LogP contribution in [0.2, 0.25) is 0 Å². The molecule has 172 valence electrons. The maximum atomic E-state index is 12.9. The molecule has 1 atom stereocenters. The van der Waals surface area contributed by atoms with Crippen molar-refractivity contribution < 1.29 is 33.4 Å². The molecule has 0 aliphatic carbocycles. The van der Waals surface area contributed by atoms with E-state index in [2.05, 4.69) is 10.6 Å². The van der Waals surface area contributed by atoms with Gasteiger partial charge in [0.1, 0.15) is 6.23 Å². The summed E-state index contributed by atoms with van der Waals surface area (Å²) in [4.78, 5) is 51.8. The molecule has 2 saturated heterocycles. The van der Waals surface area contributed by atoms with Crippen LogP contribution >= 0.6 is 0 Å². The highest BCUT2D eigenvalue weighted by molar-refractivity contribution is 6.35. The third kappa shape index (κ3) is 4.93. The maximum Gasteiger partial charge on any atom is 0.309 e. The van der Waals surface area contributed by atoms with E-state index in [-0.39, 0.29) is 25.2 Å². The molecule has 2 fully saturated rings. The van der Waals surface area contributed by atoms with Crippen molar-refractivity contribution in [3.63, 3.8) is 0 Å². The number of carbonyl (C=O) groups is 4. The number of hydrogen-bond donors (Lipinski definition) is 2. The Balaban J connectivity index is 1.21. The lowest BCUT2D eigenvalue weighted by Gasteiger charge is -2.23. The van der Waals surface area contributed by atoms with Gasteiger partial charge in [-0.05, 0) is 31.0 Å². The fraction of sp³-hybridized carbons (Fsp3) is 0.524. The zero-order chi connectivity index (χ0) is 22.5. The van der Waals surface area contributed by atoms with Gasteiger partial charge in [-0.15, -0.1) is 0 Å². The summed E-state index contributed by atoms with van der Waals surface area (Å²) >= 11 is 0. The zero-order valence-electron chi connectivity index (χ0n) is 17.6. The van der Waals surface area contributed by atoms with Crippen molar-refractivity contribution in [3.8, 4) is 11.5 Å². The first-order valence-corrected chi connectivity index (χ1v) is 10.7. The third-order valence-electron chi connectivity index (χ3n) is 5.58. The number of hydrogen-bond acceptors (Lipinski definition) is 7. The number of rotatable bonds is 7. The summed E-state index contributed by atoms with van der Waals surface area (Å²) in [5, 5.41) is 5.06. The molecule has 3 aliphatic rings. The van der Waals surface area contributed by atoms with Gasteiger partial charge in [-0.1, -0.05) is 0 Å². The first kappa shape index (κ1) is 21.9. The van der Waals surface area contributed by atoms with E-state index >= 15 is 0 Å². The van der Waals surface area contributed by atoms with E-state index in [1.54, 1.807) is 23.1 Å². The van der Waals surface area contributed by atoms with Gasteiger partial charge in [-0.3, -0.25) is 19.2 Å². The molecule has 3 aliphatic heterocycles. The second-order valence-electron chi connectivity index (χ2n) is 7.70. The van der Waals surface area contributed by atoms with Gasteiger partial charge in [0, 0.05) is 38.2 Å². The van der Waals surface area contributed by atoms with E-state index in [1.165, 1.54) is 4.90 Å². The molecule has 1 aromatic carbocycles. The van der Waals surface area contributed by atoms with Gasteiger partial charge in [0.2, 0.25) is 12.7 Å². The topological polar surface area (TPSA) is 127 Å². The molecule has 0 radical (unpaired) electrons. The molecule has 3 heterocycles. The average Bonchev–Trinajstić information content (AvgIpc) is 3.54. The average molecular weight is 446 g/mol. The molecular weight excluding hydrogens is 420 g/mol. The first-order valence-electron chi connectivity index (χ1n) is 10.7. The summed E-state index contributed by atoms with van der Waals surface area (Å²) in [5.41, 5.74) is 0.422. The predicted octanol–water partition coefficient (Wildman–Crippen LogP) is -0.541. The minimum atomic E-state index is -0.798. The second kappa shape index (κ2) is 9.86. The highest BCUT2D eigenvalue weighted by atomic mass is 16.7. The number of amides is 4. The SMILES string of the molecule is O=C(NCCCN1CCCC1=O)C(=O)NCC1OCCN1C(=O)c1ccc2c(c1)OCO2. The third-order valence-corrected chi connectivity index (χ3v) is 5.58. The van der Waals surface area contributed by atoms with Crippen LogP contribution in [0.3, 0.4) is 0 Å². The normalized spacial score (nSPS) is 19.4. The molecular formula is C21H26N4O7. The zero-order valence-corrected chi connectivity index (χ0v) is 17.6. The van der Waals surface area contributed by atoms with Crippen molar-refractivity contribution in [2.24, 2.45) is 0 Å². The Kier molecular flexibility index (Phi) is 6.74. The summed E-state index contributed by atoms with van der Waals surface area (Å²) in [7, 11) is 0. The lowest BCUT2D eigenvalue weighted by Crippen LogP contribution is -2.47. The molecule has 0 aromatic heterocycles. The smallest absolute Gasteiger partial charge is 0.309 e. The second-order valence-corrected chi connectivity index (χ2v) is 7.70. The van der Waals surface area contributed by atoms with Crippen molar-refractivity contribution in [1.29, 1.82) is 0 Å². The van der Waals surface area contributed by atoms with Gasteiger partial charge >= 0.3 is 11.8 Å². The molecule has 0 bridgehead atoms. The Labute approximate surface area is 184 Å². The molecule has 4 rings (SSSR count). The Morgan fingerprint density at radius 1 is 1.06 bits per heavy atom. The number of likely N-dealkylation sites (tertiary alicyclic amines) is 1. The molecule has 0 saturated carbocycles. The molecule has 0 spiro atoms. The number of fused-ring (bicyclic) bond motifs is 1. The molecule has 4 amide bonds. The summed E-state index contributed by atoms with van der Waals surface area (Å²) in [6.45, 7) is 2.42. The maximum absolute atomic E-state index is 12.9. The van der Waals surface area contributed by atoms with E-state index < -0.39 is 18.0 Å². The van der Waals surface area contributed by atoms with Gasteiger partial charge in [-0.2, -0.15) is 0 Å². The fourth-order valence-electron chi connectivity index (χ4n) is 3.87.